The minimum absolute atomic E-state index is 0.631. The third-order valence-corrected chi connectivity index (χ3v) is 14.4. The van der Waals surface area contributed by atoms with Crippen LogP contribution in [0, 0.1) is 0 Å². The van der Waals surface area contributed by atoms with Crippen LogP contribution in [0.1, 0.15) is 34.1 Å². The third-order valence-electron chi connectivity index (χ3n) is 1.46. The van der Waals surface area contributed by atoms with Crippen LogP contribution in [-0.2, 0) is 13.3 Å². The van der Waals surface area contributed by atoms with Crippen molar-refractivity contribution < 1.29 is 13.3 Å². The van der Waals surface area contributed by atoms with E-state index in [-0.39, 0.29) is 0 Å². The lowest BCUT2D eigenvalue weighted by Gasteiger charge is -2.25. The monoisotopic (exact) mass is 334 g/mol. The second-order valence-corrected chi connectivity index (χ2v) is 13.3. The molecule has 0 aromatic heterocycles. The largest absolute Gasteiger partial charge is 0.585 e. The average Bonchev–Trinajstić information content (AvgIpc) is 2.30. The van der Waals surface area contributed by atoms with Gasteiger partial charge in [-0.3, -0.25) is 0 Å². The lowest BCUT2D eigenvalue weighted by atomic mass is 10.6. The Balaban J connectivity index is 4.05. The van der Waals surface area contributed by atoms with Crippen molar-refractivity contribution in [3.63, 3.8) is 0 Å². The van der Waals surface area contributed by atoms with Gasteiger partial charge in [-0.05, 0) is 57.1 Å². The molecule has 0 aromatic rings. The predicted octanol–water partition coefficient (Wildman–Crippen LogP) is 4.62. The zero-order valence-electron chi connectivity index (χ0n) is 10.9. The average molecular weight is 335 g/mol. The normalized spacial score (nSPS) is 12.0. The first-order chi connectivity index (χ1) is 8.24. The van der Waals surface area contributed by atoms with Gasteiger partial charge in [0, 0.05) is 25.6 Å². The maximum Gasteiger partial charge on any atom is 0.585 e. The molecule has 0 aliphatic rings. The van der Waals surface area contributed by atoms with Crippen molar-refractivity contribution in [2.75, 3.05) is 25.6 Å². The molecule has 17 heavy (non-hydrogen) atoms. The summed E-state index contributed by atoms with van der Waals surface area (Å²) in [7, 11) is 4.45. The maximum atomic E-state index is 5.73. The molecule has 0 bridgehead atoms. The number of hydrogen-bond acceptors (Lipinski definition) is 7. The van der Waals surface area contributed by atoms with E-state index in [9.17, 15) is 0 Å². The molecule has 3 nitrogen and oxygen atoms in total. The molecule has 0 spiro atoms. The van der Waals surface area contributed by atoms with E-state index in [1.54, 1.807) is 29.9 Å². The van der Waals surface area contributed by atoms with Crippen molar-refractivity contribution in [3.05, 3.63) is 0 Å². The summed E-state index contributed by atoms with van der Waals surface area (Å²) in [5.41, 5.74) is 0. The quantitative estimate of drug-likeness (QED) is 0.292. The van der Waals surface area contributed by atoms with Gasteiger partial charge in [0.25, 0.3) is 0 Å². The molecule has 0 rings (SSSR count). The first-order valence-electron chi connectivity index (χ1n) is 5.80. The molecule has 0 N–H and O–H groups in total. The minimum atomic E-state index is -2.51. The van der Waals surface area contributed by atoms with E-state index in [1.165, 1.54) is 12.2 Å². The van der Waals surface area contributed by atoms with Gasteiger partial charge in [-0.25, -0.2) is 0 Å². The van der Waals surface area contributed by atoms with Crippen LogP contribution in [0.3, 0.4) is 0 Å². The second-order valence-electron chi connectivity index (χ2n) is 2.84. The van der Waals surface area contributed by atoms with Crippen molar-refractivity contribution in [2.24, 2.45) is 0 Å². The van der Waals surface area contributed by atoms with Gasteiger partial charge < -0.3 is 13.3 Å². The van der Waals surface area contributed by atoms with Gasteiger partial charge in [-0.2, -0.15) is 0 Å². The Bertz CT molecular complexity index is 159. The fraction of sp³-hybridized carbons (Fsp3) is 1.00. The highest BCUT2D eigenvalue weighted by atomic mass is 33.7. The van der Waals surface area contributed by atoms with E-state index in [0.29, 0.717) is 19.8 Å². The summed E-state index contributed by atoms with van der Waals surface area (Å²) >= 11 is 0. The first kappa shape index (κ1) is 18.5. The smallest absolute Gasteiger partial charge is 0.365 e. The van der Waals surface area contributed by atoms with Crippen molar-refractivity contribution in [2.45, 2.75) is 34.1 Å². The summed E-state index contributed by atoms with van der Waals surface area (Å²) < 4.78 is 17.2. The lowest BCUT2D eigenvalue weighted by Crippen LogP contribution is -2.42. The van der Waals surface area contributed by atoms with Crippen LogP contribution >= 0.6 is 40.7 Å². The van der Waals surface area contributed by atoms with Crippen LogP contribution in [0.25, 0.3) is 0 Å². The van der Waals surface area contributed by atoms with Gasteiger partial charge in [0.15, 0.2) is 0 Å². The highest BCUT2D eigenvalue weighted by Gasteiger charge is 2.43. The fourth-order valence-electron chi connectivity index (χ4n) is 0.920. The van der Waals surface area contributed by atoms with Crippen LogP contribution in [0.15, 0.2) is 0 Å². The Morgan fingerprint density at radius 1 is 0.824 bits per heavy atom. The molecule has 0 aliphatic heterocycles. The summed E-state index contributed by atoms with van der Waals surface area (Å²) in [6.07, 6.45) is 1.20. The van der Waals surface area contributed by atoms with Crippen molar-refractivity contribution >= 4 is 48.6 Å². The van der Waals surface area contributed by atoms with Crippen LogP contribution in [-0.4, -0.2) is 33.5 Å². The van der Waals surface area contributed by atoms with E-state index in [4.69, 9.17) is 13.3 Å². The summed E-state index contributed by atoms with van der Waals surface area (Å²) in [6.45, 7) is 10.0. The summed E-state index contributed by atoms with van der Waals surface area (Å²) in [5, 5.41) is 0. The standard InChI is InChI=1S/C9H22O3S4Si/c1-5-9-13-14-15-16-17(10-6-2,11-7-3)12-8-4/h5-9H2,1-4H3. The van der Waals surface area contributed by atoms with Crippen LogP contribution in [0.4, 0.5) is 0 Å². The topological polar surface area (TPSA) is 27.7 Å². The van der Waals surface area contributed by atoms with Crippen molar-refractivity contribution in [3.8, 4) is 0 Å². The van der Waals surface area contributed by atoms with E-state index >= 15 is 0 Å². The number of rotatable bonds is 12. The zero-order valence-corrected chi connectivity index (χ0v) is 15.2. The van der Waals surface area contributed by atoms with Gasteiger partial charge in [0.05, 0.1) is 0 Å². The SMILES string of the molecule is CCCSSSS[Si](OCC)(OCC)OCC. The van der Waals surface area contributed by atoms with Gasteiger partial charge >= 0.3 is 7.95 Å². The Hall–Kier alpha value is 1.50. The second kappa shape index (κ2) is 12.5. The molecule has 0 atom stereocenters. The molecule has 0 amide bonds. The highest BCUT2D eigenvalue weighted by molar-refractivity contribution is 9.28. The molecule has 0 fully saturated rings. The highest BCUT2D eigenvalue weighted by Crippen LogP contribution is 2.48. The molecular weight excluding hydrogens is 312 g/mol. The van der Waals surface area contributed by atoms with E-state index < -0.39 is 7.95 Å². The Labute approximate surface area is 121 Å². The molecule has 0 aromatic carbocycles. The molecular formula is C9H22O3S4Si. The molecule has 8 heteroatoms. The van der Waals surface area contributed by atoms with Crippen molar-refractivity contribution in [1.82, 2.24) is 0 Å². The van der Waals surface area contributed by atoms with E-state index in [0.717, 1.165) is 0 Å². The van der Waals surface area contributed by atoms with Gasteiger partial charge in [0.2, 0.25) is 0 Å². The molecule has 0 aliphatic carbocycles. The van der Waals surface area contributed by atoms with Crippen LogP contribution in [0.2, 0.25) is 0 Å². The van der Waals surface area contributed by atoms with Gasteiger partial charge in [0.1, 0.15) is 0 Å². The summed E-state index contributed by atoms with van der Waals surface area (Å²) in [5.74, 6) is 1.17. The van der Waals surface area contributed by atoms with Crippen molar-refractivity contribution in [1.29, 1.82) is 0 Å². The van der Waals surface area contributed by atoms with Crippen LogP contribution < -0.4 is 0 Å². The minimum Gasteiger partial charge on any atom is -0.365 e. The van der Waals surface area contributed by atoms with Gasteiger partial charge in [-0.1, -0.05) is 17.7 Å². The Morgan fingerprint density at radius 3 is 1.76 bits per heavy atom. The Morgan fingerprint density at radius 2 is 1.35 bits per heavy atom. The molecule has 104 valence electrons. The number of hydrogen-bond donors (Lipinski definition) is 0. The van der Waals surface area contributed by atoms with Crippen LogP contribution in [0.5, 0.6) is 0 Å². The van der Waals surface area contributed by atoms with E-state index in [1.807, 2.05) is 31.6 Å². The molecule has 0 heterocycles. The maximum absolute atomic E-state index is 5.73. The molecule has 0 unspecified atom stereocenters. The Kier molecular flexibility index (Phi) is 13.6. The molecule has 0 saturated carbocycles. The summed E-state index contributed by atoms with van der Waals surface area (Å²) in [6, 6.07) is 0. The first-order valence-corrected chi connectivity index (χ1v) is 13.2. The van der Waals surface area contributed by atoms with E-state index in [2.05, 4.69) is 6.92 Å². The zero-order chi connectivity index (χ0) is 13.0. The van der Waals surface area contributed by atoms with Gasteiger partial charge in [-0.15, -0.1) is 0 Å². The molecule has 0 radical (unpaired) electrons. The predicted molar refractivity (Wildman–Crippen MR) is 86.2 cm³/mol. The fourth-order valence-corrected chi connectivity index (χ4v) is 15.0. The molecule has 0 saturated heterocycles. The summed E-state index contributed by atoms with van der Waals surface area (Å²) in [4.78, 5) is 0. The third kappa shape index (κ3) is 9.09. The lowest BCUT2D eigenvalue weighted by molar-refractivity contribution is 0.0971.